The predicted molar refractivity (Wildman–Crippen MR) is 74.2 cm³/mol. The number of nitrogens with zero attached hydrogens (tertiary/aromatic N) is 1. The Balaban J connectivity index is 2.26. The summed E-state index contributed by atoms with van der Waals surface area (Å²) in [6.45, 7) is 3.59. The van der Waals surface area contributed by atoms with E-state index in [0.29, 0.717) is 4.90 Å². The molecule has 1 atom stereocenters. The third-order valence-electron chi connectivity index (χ3n) is 2.92. The first-order valence-corrected chi connectivity index (χ1v) is 7.47. The Morgan fingerprint density at radius 1 is 1.11 bits per heavy atom. The van der Waals surface area contributed by atoms with Gasteiger partial charge in [0, 0.05) is 18.4 Å². The van der Waals surface area contributed by atoms with Crippen molar-refractivity contribution in [3.8, 4) is 0 Å². The summed E-state index contributed by atoms with van der Waals surface area (Å²) >= 11 is 0. The molecule has 19 heavy (non-hydrogen) atoms. The van der Waals surface area contributed by atoms with Crippen molar-refractivity contribution in [1.29, 1.82) is 0 Å². The maximum absolute atomic E-state index is 12.3. The van der Waals surface area contributed by atoms with Crippen molar-refractivity contribution in [2.45, 2.75) is 24.8 Å². The molecule has 0 bridgehead atoms. The fraction of sp³-hybridized carbons (Fsp3) is 0.214. The van der Waals surface area contributed by atoms with Crippen LogP contribution in [0.3, 0.4) is 0 Å². The Hall–Kier alpha value is -1.72. The highest BCUT2D eigenvalue weighted by molar-refractivity contribution is 7.89. The largest absolute Gasteiger partial charge is 0.265 e. The van der Waals surface area contributed by atoms with Gasteiger partial charge in [0.25, 0.3) is 0 Å². The Labute approximate surface area is 113 Å². The summed E-state index contributed by atoms with van der Waals surface area (Å²) < 4.78 is 27.3. The molecule has 4 nitrogen and oxygen atoms in total. The Kier molecular flexibility index (Phi) is 3.97. The fourth-order valence-electron chi connectivity index (χ4n) is 1.87. The van der Waals surface area contributed by atoms with Gasteiger partial charge in [-0.05, 0) is 43.2 Å². The van der Waals surface area contributed by atoms with Gasteiger partial charge in [-0.15, -0.1) is 0 Å². The summed E-state index contributed by atoms with van der Waals surface area (Å²) in [6, 6.07) is 10.2. The molecule has 0 spiro atoms. The standard InChI is InChI=1S/C14H16N2O2S/c1-11-5-3-4-6-14(11)19(17,18)16-12(2)13-7-9-15-10-8-13/h3-10,12,16H,1-2H3. The highest BCUT2D eigenvalue weighted by Gasteiger charge is 2.19. The van der Waals surface area contributed by atoms with Crippen molar-refractivity contribution < 1.29 is 8.42 Å². The molecule has 2 aromatic rings. The van der Waals surface area contributed by atoms with E-state index < -0.39 is 10.0 Å². The van der Waals surface area contributed by atoms with E-state index in [1.54, 1.807) is 49.6 Å². The van der Waals surface area contributed by atoms with E-state index in [0.717, 1.165) is 11.1 Å². The topological polar surface area (TPSA) is 59.1 Å². The molecule has 2 rings (SSSR count). The molecule has 0 aliphatic rings. The Bertz CT molecular complexity index is 654. The number of aryl methyl sites for hydroxylation is 1. The van der Waals surface area contributed by atoms with E-state index in [2.05, 4.69) is 9.71 Å². The van der Waals surface area contributed by atoms with Crippen LogP contribution in [0.5, 0.6) is 0 Å². The minimum Gasteiger partial charge on any atom is -0.265 e. The van der Waals surface area contributed by atoms with Crippen LogP contribution >= 0.6 is 0 Å². The van der Waals surface area contributed by atoms with Gasteiger partial charge in [-0.2, -0.15) is 0 Å². The lowest BCUT2D eigenvalue weighted by Gasteiger charge is -2.15. The lowest BCUT2D eigenvalue weighted by atomic mass is 10.1. The molecular weight excluding hydrogens is 260 g/mol. The van der Waals surface area contributed by atoms with E-state index in [4.69, 9.17) is 0 Å². The van der Waals surface area contributed by atoms with Gasteiger partial charge in [0.15, 0.2) is 0 Å². The van der Waals surface area contributed by atoms with Crippen LogP contribution in [-0.4, -0.2) is 13.4 Å². The zero-order valence-electron chi connectivity index (χ0n) is 10.9. The number of benzene rings is 1. The van der Waals surface area contributed by atoms with Crippen molar-refractivity contribution in [3.63, 3.8) is 0 Å². The highest BCUT2D eigenvalue weighted by atomic mass is 32.2. The molecule has 0 radical (unpaired) electrons. The molecule has 1 N–H and O–H groups in total. The van der Waals surface area contributed by atoms with Crippen molar-refractivity contribution in [2.24, 2.45) is 0 Å². The molecule has 0 fully saturated rings. The van der Waals surface area contributed by atoms with E-state index >= 15 is 0 Å². The summed E-state index contributed by atoms with van der Waals surface area (Å²) in [5.41, 5.74) is 1.61. The molecule has 1 aromatic heterocycles. The molecule has 0 saturated heterocycles. The zero-order valence-corrected chi connectivity index (χ0v) is 11.7. The first-order chi connectivity index (χ1) is 9.00. The lowest BCUT2D eigenvalue weighted by molar-refractivity contribution is 0.566. The third kappa shape index (κ3) is 3.19. The second-order valence-corrected chi connectivity index (χ2v) is 6.07. The first-order valence-electron chi connectivity index (χ1n) is 5.98. The molecule has 100 valence electrons. The van der Waals surface area contributed by atoms with Crippen LogP contribution in [-0.2, 0) is 10.0 Å². The third-order valence-corrected chi connectivity index (χ3v) is 4.62. The lowest BCUT2D eigenvalue weighted by Crippen LogP contribution is -2.27. The molecular formula is C14H16N2O2S. The SMILES string of the molecule is Cc1ccccc1S(=O)(=O)NC(C)c1ccncc1. The van der Waals surface area contributed by atoms with Gasteiger partial charge in [0.1, 0.15) is 0 Å². The molecule has 0 aliphatic heterocycles. The number of pyridine rings is 1. The van der Waals surface area contributed by atoms with E-state index in [9.17, 15) is 8.42 Å². The highest BCUT2D eigenvalue weighted by Crippen LogP contribution is 2.18. The quantitative estimate of drug-likeness (QED) is 0.933. The van der Waals surface area contributed by atoms with Gasteiger partial charge in [-0.25, -0.2) is 13.1 Å². The molecule has 1 unspecified atom stereocenters. The minimum absolute atomic E-state index is 0.299. The van der Waals surface area contributed by atoms with Gasteiger partial charge in [0.05, 0.1) is 4.90 Å². The Morgan fingerprint density at radius 2 is 1.74 bits per heavy atom. The Morgan fingerprint density at radius 3 is 2.37 bits per heavy atom. The zero-order chi connectivity index (χ0) is 13.9. The summed E-state index contributed by atoms with van der Waals surface area (Å²) in [5.74, 6) is 0. The summed E-state index contributed by atoms with van der Waals surface area (Å²) in [4.78, 5) is 4.23. The molecule has 0 amide bonds. The van der Waals surface area contributed by atoms with Crippen LogP contribution in [0.2, 0.25) is 0 Å². The summed E-state index contributed by atoms with van der Waals surface area (Å²) in [7, 11) is -3.51. The van der Waals surface area contributed by atoms with Crippen molar-refractivity contribution in [2.75, 3.05) is 0 Å². The number of aromatic nitrogens is 1. The number of sulfonamides is 1. The molecule has 1 heterocycles. The number of hydrogen-bond acceptors (Lipinski definition) is 3. The second-order valence-electron chi connectivity index (χ2n) is 4.39. The van der Waals surface area contributed by atoms with Gasteiger partial charge in [0.2, 0.25) is 10.0 Å². The summed E-state index contributed by atoms with van der Waals surface area (Å²) in [6.07, 6.45) is 3.29. The van der Waals surface area contributed by atoms with Crippen LogP contribution in [0.4, 0.5) is 0 Å². The molecule has 5 heteroatoms. The minimum atomic E-state index is -3.51. The average Bonchev–Trinajstić information content (AvgIpc) is 2.39. The number of nitrogens with one attached hydrogen (secondary N) is 1. The van der Waals surface area contributed by atoms with Crippen LogP contribution in [0.15, 0.2) is 53.7 Å². The van der Waals surface area contributed by atoms with Crippen molar-refractivity contribution >= 4 is 10.0 Å². The molecule has 0 saturated carbocycles. The van der Waals surface area contributed by atoms with Gasteiger partial charge in [-0.3, -0.25) is 4.98 Å². The maximum atomic E-state index is 12.3. The van der Waals surface area contributed by atoms with Crippen LogP contribution in [0.1, 0.15) is 24.1 Å². The monoisotopic (exact) mass is 276 g/mol. The second kappa shape index (κ2) is 5.50. The van der Waals surface area contributed by atoms with Crippen LogP contribution in [0.25, 0.3) is 0 Å². The summed E-state index contributed by atoms with van der Waals surface area (Å²) in [5, 5.41) is 0. The average molecular weight is 276 g/mol. The first kappa shape index (κ1) is 13.7. The molecule has 1 aromatic carbocycles. The smallest absolute Gasteiger partial charge is 0.241 e. The van der Waals surface area contributed by atoms with Crippen LogP contribution < -0.4 is 4.72 Å². The van der Waals surface area contributed by atoms with Crippen molar-refractivity contribution in [1.82, 2.24) is 9.71 Å². The van der Waals surface area contributed by atoms with E-state index in [1.165, 1.54) is 0 Å². The molecule has 0 aliphatic carbocycles. The fourth-order valence-corrected chi connectivity index (χ4v) is 3.35. The number of rotatable bonds is 4. The van der Waals surface area contributed by atoms with Gasteiger partial charge < -0.3 is 0 Å². The van der Waals surface area contributed by atoms with Gasteiger partial charge >= 0.3 is 0 Å². The normalized spacial score (nSPS) is 13.2. The van der Waals surface area contributed by atoms with E-state index in [1.807, 2.05) is 13.0 Å². The predicted octanol–water partition coefficient (Wildman–Crippen LogP) is 2.43. The number of hydrogen-bond donors (Lipinski definition) is 1. The van der Waals surface area contributed by atoms with Gasteiger partial charge in [-0.1, -0.05) is 18.2 Å². The maximum Gasteiger partial charge on any atom is 0.241 e. The van der Waals surface area contributed by atoms with E-state index in [-0.39, 0.29) is 6.04 Å². The van der Waals surface area contributed by atoms with Crippen LogP contribution in [0, 0.1) is 6.92 Å². The van der Waals surface area contributed by atoms with Crippen molar-refractivity contribution in [3.05, 3.63) is 59.9 Å².